The van der Waals surface area contributed by atoms with E-state index in [1.54, 1.807) is 13.2 Å². The van der Waals surface area contributed by atoms with Gasteiger partial charge >= 0.3 is 0 Å². The van der Waals surface area contributed by atoms with Crippen molar-refractivity contribution >= 4 is 11.9 Å². The molecule has 7 nitrogen and oxygen atoms in total. The molecule has 0 spiro atoms. The predicted molar refractivity (Wildman–Crippen MR) is 98.4 cm³/mol. The normalized spacial score (nSPS) is 15.9. The van der Waals surface area contributed by atoms with Crippen LogP contribution < -0.4 is 20.5 Å². The molecule has 1 amide bonds. The van der Waals surface area contributed by atoms with E-state index in [-0.39, 0.29) is 23.6 Å². The quantitative estimate of drug-likeness (QED) is 0.850. The SMILES string of the molecule is COc1cccc2c1OC[C@@H](NC(=O)c1cc(CC(C)C)nc(N)n1)C2. The van der Waals surface area contributed by atoms with Gasteiger partial charge in [-0.3, -0.25) is 4.79 Å². The number of carbonyl (C=O) groups excluding carboxylic acids is 1. The number of hydrogen-bond acceptors (Lipinski definition) is 6. The third-order valence-electron chi connectivity index (χ3n) is 4.16. The molecule has 0 saturated carbocycles. The Labute approximate surface area is 152 Å². The molecule has 3 rings (SSSR count). The molecular weight excluding hydrogens is 332 g/mol. The zero-order valence-electron chi connectivity index (χ0n) is 15.3. The fraction of sp³-hybridized carbons (Fsp3) is 0.421. The van der Waals surface area contributed by atoms with Crippen LogP contribution in [0.2, 0.25) is 0 Å². The number of fused-ring (bicyclic) bond motifs is 1. The Morgan fingerprint density at radius 3 is 2.96 bits per heavy atom. The van der Waals surface area contributed by atoms with Gasteiger partial charge in [0.05, 0.1) is 13.2 Å². The summed E-state index contributed by atoms with van der Waals surface area (Å²) >= 11 is 0. The summed E-state index contributed by atoms with van der Waals surface area (Å²) in [5.41, 5.74) is 7.82. The Kier molecular flexibility index (Phi) is 5.25. The monoisotopic (exact) mass is 356 g/mol. The number of nitrogens with one attached hydrogen (secondary N) is 1. The van der Waals surface area contributed by atoms with Crippen LogP contribution in [-0.4, -0.2) is 35.6 Å². The number of rotatable bonds is 5. The van der Waals surface area contributed by atoms with Gasteiger partial charge in [-0.2, -0.15) is 0 Å². The fourth-order valence-electron chi connectivity index (χ4n) is 3.06. The Bertz CT molecular complexity index is 807. The van der Waals surface area contributed by atoms with Gasteiger partial charge in [0.2, 0.25) is 5.95 Å². The molecule has 0 unspecified atom stereocenters. The molecule has 2 heterocycles. The van der Waals surface area contributed by atoms with Crippen LogP contribution in [0, 0.1) is 5.92 Å². The summed E-state index contributed by atoms with van der Waals surface area (Å²) in [5, 5.41) is 2.97. The average Bonchev–Trinajstić information content (AvgIpc) is 2.59. The van der Waals surface area contributed by atoms with E-state index >= 15 is 0 Å². The van der Waals surface area contributed by atoms with Crippen molar-refractivity contribution in [2.75, 3.05) is 19.5 Å². The van der Waals surface area contributed by atoms with E-state index < -0.39 is 0 Å². The van der Waals surface area contributed by atoms with Crippen molar-refractivity contribution in [2.45, 2.75) is 32.7 Å². The van der Waals surface area contributed by atoms with Crippen molar-refractivity contribution in [1.82, 2.24) is 15.3 Å². The van der Waals surface area contributed by atoms with Gasteiger partial charge in [0.25, 0.3) is 5.91 Å². The molecule has 1 aliphatic rings. The zero-order valence-corrected chi connectivity index (χ0v) is 15.3. The number of hydrogen-bond donors (Lipinski definition) is 2. The second-order valence-corrected chi connectivity index (χ2v) is 6.83. The summed E-state index contributed by atoms with van der Waals surface area (Å²) in [4.78, 5) is 20.9. The fourth-order valence-corrected chi connectivity index (χ4v) is 3.06. The maximum Gasteiger partial charge on any atom is 0.270 e. The summed E-state index contributed by atoms with van der Waals surface area (Å²) in [6.07, 6.45) is 1.41. The summed E-state index contributed by atoms with van der Waals surface area (Å²) in [6, 6.07) is 7.30. The van der Waals surface area contributed by atoms with Gasteiger partial charge in [-0.25, -0.2) is 9.97 Å². The topological polar surface area (TPSA) is 99.4 Å². The molecule has 3 N–H and O–H groups in total. The van der Waals surface area contributed by atoms with E-state index in [2.05, 4.69) is 29.1 Å². The Morgan fingerprint density at radius 2 is 2.23 bits per heavy atom. The molecule has 0 saturated heterocycles. The number of anilines is 1. The van der Waals surface area contributed by atoms with Gasteiger partial charge in [0.15, 0.2) is 11.5 Å². The first-order chi connectivity index (χ1) is 12.5. The molecule has 1 atom stereocenters. The molecule has 138 valence electrons. The largest absolute Gasteiger partial charge is 0.493 e. The molecule has 2 aromatic rings. The molecule has 26 heavy (non-hydrogen) atoms. The highest BCUT2D eigenvalue weighted by molar-refractivity contribution is 5.92. The summed E-state index contributed by atoms with van der Waals surface area (Å²) in [7, 11) is 1.61. The van der Waals surface area contributed by atoms with Crippen molar-refractivity contribution in [3.05, 3.63) is 41.2 Å². The molecule has 0 bridgehead atoms. The average molecular weight is 356 g/mol. The van der Waals surface area contributed by atoms with Crippen LogP contribution in [0.1, 0.15) is 35.6 Å². The Hall–Kier alpha value is -2.83. The molecular formula is C19H24N4O3. The van der Waals surface area contributed by atoms with E-state index in [1.165, 1.54) is 0 Å². The zero-order chi connectivity index (χ0) is 18.7. The molecule has 1 aromatic heterocycles. The van der Waals surface area contributed by atoms with Crippen LogP contribution in [0.25, 0.3) is 0 Å². The summed E-state index contributed by atoms with van der Waals surface area (Å²) in [6.45, 7) is 4.55. The van der Waals surface area contributed by atoms with E-state index in [1.807, 2.05) is 18.2 Å². The Morgan fingerprint density at radius 1 is 1.42 bits per heavy atom. The lowest BCUT2D eigenvalue weighted by molar-refractivity contribution is 0.0909. The van der Waals surface area contributed by atoms with Crippen LogP contribution in [0.4, 0.5) is 5.95 Å². The first-order valence-electron chi connectivity index (χ1n) is 8.69. The highest BCUT2D eigenvalue weighted by atomic mass is 16.5. The molecule has 1 aliphatic heterocycles. The van der Waals surface area contributed by atoms with Crippen molar-refractivity contribution in [2.24, 2.45) is 5.92 Å². The van der Waals surface area contributed by atoms with Crippen LogP contribution in [0.5, 0.6) is 11.5 Å². The minimum atomic E-state index is -0.274. The number of carbonyl (C=O) groups is 1. The van der Waals surface area contributed by atoms with E-state index in [4.69, 9.17) is 15.2 Å². The summed E-state index contributed by atoms with van der Waals surface area (Å²) < 4.78 is 11.1. The highest BCUT2D eigenvalue weighted by Gasteiger charge is 2.25. The predicted octanol–water partition coefficient (Wildman–Crippen LogP) is 2.00. The molecule has 0 aliphatic carbocycles. The van der Waals surface area contributed by atoms with Crippen LogP contribution in [0.15, 0.2) is 24.3 Å². The minimum Gasteiger partial charge on any atom is -0.493 e. The van der Waals surface area contributed by atoms with Gasteiger partial charge in [0, 0.05) is 11.3 Å². The first-order valence-corrected chi connectivity index (χ1v) is 8.69. The minimum absolute atomic E-state index is 0.114. The molecule has 7 heteroatoms. The van der Waals surface area contributed by atoms with Crippen LogP contribution in [-0.2, 0) is 12.8 Å². The van der Waals surface area contributed by atoms with E-state index in [0.29, 0.717) is 24.7 Å². The number of nitrogens with two attached hydrogens (primary N) is 1. The van der Waals surface area contributed by atoms with Crippen molar-refractivity contribution < 1.29 is 14.3 Å². The maximum atomic E-state index is 12.6. The summed E-state index contributed by atoms with van der Waals surface area (Å²) in [5.74, 6) is 1.70. The van der Waals surface area contributed by atoms with Gasteiger partial charge in [0.1, 0.15) is 12.3 Å². The number of nitrogen functional groups attached to an aromatic ring is 1. The second kappa shape index (κ2) is 7.59. The Balaban J connectivity index is 1.72. The molecule has 1 aromatic carbocycles. The van der Waals surface area contributed by atoms with E-state index in [9.17, 15) is 4.79 Å². The number of ether oxygens (including phenoxy) is 2. The maximum absolute atomic E-state index is 12.6. The third kappa shape index (κ3) is 4.04. The number of aromatic nitrogens is 2. The van der Waals surface area contributed by atoms with Crippen molar-refractivity contribution in [3.8, 4) is 11.5 Å². The molecule has 0 fully saturated rings. The lowest BCUT2D eigenvalue weighted by atomic mass is 10.0. The number of benzene rings is 1. The van der Waals surface area contributed by atoms with Crippen LogP contribution >= 0.6 is 0 Å². The lowest BCUT2D eigenvalue weighted by Gasteiger charge is -2.27. The van der Waals surface area contributed by atoms with Crippen molar-refractivity contribution in [1.29, 1.82) is 0 Å². The smallest absolute Gasteiger partial charge is 0.270 e. The highest BCUT2D eigenvalue weighted by Crippen LogP contribution is 2.34. The van der Waals surface area contributed by atoms with Crippen LogP contribution in [0.3, 0.4) is 0 Å². The second-order valence-electron chi connectivity index (χ2n) is 6.83. The number of nitrogens with zero attached hydrogens (tertiary/aromatic N) is 2. The van der Waals surface area contributed by atoms with Gasteiger partial charge in [-0.1, -0.05) is 26.0 Å². The number of amides is 1. The lowest BCUT2D eigenvalue weighted by Crippen LogP contribution is -2.43. The molecule has 0 radical (unpaired) electrons. The number of methoxy groups -OCH3 is 1. The van der Waals surface area contributed by atoms with Gasteiger partial charge in [-0.15, -0.1) is 0 Å². The van der Waals surface area contributed by atoms with Gasteiger partial charge in [-0.05, 0) is 30.9 Å². The van der Waals surface area contributed by atoms with E-state index in [0.717, 1.165) is 23.4 Å². The number of para-hydroxylation sites is 1. The van der Waals surface area contributed by atoms with Crippen molar-refractivity contribution in [3.63, 3.8) is 0 Å². The van der Waals surface area contributed by atoms with Gasteiger partial charge < -0.3 is 20.5 Å². The third-order valence-corrected chi connectivity index (χ3v) is 4.16. The standard InChI is InChI=1S/C19H24N4O3/c1-11(2)7-13-9-15(23-19(20)22-13)18(24)21-14-8-12-5-4-6-16(25-3)17(12)26-10-14/h4-6,9,11,14H,7-8,10H2,1-3H3,(H,21,24)(H2,20,22,23)/t14-/m0/s1. The first kappa shape index (κ1) is 18.0.